The smallest absolute Gasteiger partial charge is 0.197 e. The number of imidazole rings is 1. The van der Waals surface area contributed by atoms with Crippen molar-refractivity contribution in [1.82, 2.24) is 19.5 Å². The number of fused-ring (bicyclic) bond motifs is 1. The van der Waals surface area contributed by atoms with Crippen LogP contribution in [0.2, 0.25) is 0 Å². The summed E-state index contributed by atoms with van der Waals surface area (Å²) < 4.78 is 8.11. The molecule has 1 unspecified atom stereocenters. The van der Waals surface area contributed by atoms with E-state index in [1.54, 1.807) is 0 Å². The lowest BCUT2D eigenvalue weighted by Crippen LogP contribution is -2.38. The Morgan fingerprint density at radius 1 is 1.23 bits per heavy atom. The van der Waals surface area contributed by atoms with Crippen LogP contribution in [0.3, 0.4) is 0 Å². The van der Waals surface area contributed by atoms with Gasteiger partial charge in [-0.15, -0.1) is 0 Å². The first-order chi connectivity index (χ1) is 12.7. The summed E-state index contributed by atoms with van der Waals surface area (Å²) in [4.78, 5) is 15.9. The molecular formula is C20H25N5O. The number of anilines is 1. The minimum atomic E-state index is 0.497. The van der Waals surface area contributed by atoms with Crippen LogP contribution in [-0.4, -0.2) is 39.2 Å². The van der Waals surface area contributed by atoms with Crippen molar-refractivity contribution in [3.8, 4) is 5.75 Å². The normalized spacial score (nSPS) is 17.6. The SMILES string of the molecule is CCn1cnc2ncc(N3CCCC(COc4ccccc4C)C3)nc21. The molecule has 1 aromatic carbocycles. The van der Waals surface area contributed by atoms with Gasteiger partial charge in [0.1, 0.15) is 11.6 Å². The molecule has 1 fully saturated rings. The highest BCUT2D eigenvalue weighted by Crippen LogP contribution is 2.24. The van der Waals surface area contributed by atoms with Gasteiger partial charge < -0.3 is 14.2 Å². The molecule has 0 N–H and O–H groups in total. The molecule has 0 spiro atoms. The molecule has 4 rings (SSSR count). The summed E-state index contributed by atoms with van der Waals surface area (Å²) in [6, 6.07) is 8.20. The van der Waals surface area contributed by atoms with E-state index in [1.165, 1.54) is 12.0 Å². The first kappa shape index (κ1) is 16.8. The fourth-order valence-electron chi connectivity index (χ4n) is 3.55. The summed E-state index contributed by atoms with van der Waals surface area (Å²) in [5.41, 5.74) is 2.76. The molecule has 1 atom stereocenters. The number of aryl methyl sites for hydroxylation is 2. The van der Waals surface area contributed by atoms with Crippen LogP contribution in [-0.2, 0) is 6.54 Å². The van der Waals surface area contributed by atoms with Crippen LogP contribution >= 0.6 is 0 Å². The van der Waals surface area contributed by atoms with Crippen LogP contribution in [0.1, 0.15) is 25.3 Å². The molecule has 3 aromatic rings. The standard InChI is InChI=1S/C20H25N5O/c1-3-24-14-22-19-20(24)23-18(11-21-19)25-10-6-8-16(12-25)13-26-17-9-5-4-7-15(17)2/h4-5,7,9,11,14,16H,3,6,8,10,12-13H2,1-2H3. The van der Waals surface area contributed by atoms with Crippen molar-refractivity contribution in [3.05, 3.63) is 42.4 Å². The number of rotatable bonds is 5. The highest BCUT2D eigenvalue weighted by Gasteiger charge is 2.22. The van der Waals surface area contributed by atoms with Gasteiger partial charge >= 0.3 is 0 Å². The third-order valence-corrected chi connectivity index (χ3v) is 5.07. The molecule has 1 aliphatic heterocycles. The first-order valence-electron chi connectivity index (χ1n) is 9.36. The van der Waals surface area contributed by atoms with Crippen molar-refractivity contribution < 1.29 is 4.74 Å². The Kier molecular flexibility index (Phi) is 4.73. The Hall–Kier alpha value is -2.63. The summed E-state index contributed by atoms with van der Waals surface area (Å²) in [6.45, 7) is 7.73. The molecule has 0 saturated carbocycles. The van der Waals surface area contributed by atoms with E-state index in [2.05, 4.69) is 34.8 Å². The van der Waals surface area contributed by atoms with Gasteiger partial charge in [-0.1, -0.05) is 18.2 Å². The summed E-state index contributed by atoms with van der Waals surface area (Å²) in [7, 11) is 0. The van der Waals surface area contributed by atoms with Crippen molar-refractivity contribution >= 4 is 17.1 Å². The number of hydrogen-bond donors (Lipinski definition) is 0. The second-order valence-electron chi connectivity index (χ2n) is 6.94. The number of hydrogen-bond acceptors (Lipinski definition) is 5. The van der Waals surface area contributed by atoms with Gasteiger partial charge in [0, 0.05) is 25.6 Å². The molecule has 2 aromatic heterocycles. The minimum Gasteiger partial charge on any atom is -0.493 e. The maximum atomic E-state index is 6.08. The maximum Gasteiger partial charge on any atom is 0.197 e. The number of benzene rings is 1. The average Bonchev–Trinajstić information content (AvgIpc) is 3.10. The van der Waals surface area contributed by atoms with Gasteiger partial charge in [0.15, 0.2) is 11.3 Å². The fourth-order valence-corrected chi connectivity index (χ4v) is 3.55. The number of nitrogens with zero attached hydrogens (tertiary/aromatic N) is 5. The van der Waals surface area contributed by atoms with E-state index in [-0.39, 0.29) is 0 Å². The van der Waals surface area contributed by atoms with Gasteiger partial charge in [-0.3, -0.25) is 0 Å². The largest absolute Gasteiger partial charge is 0.493 e. The third kappa shape index (κ3) is 3.36. The van der Waals surface area contributed by atoms with E-state index in [1.807, 2.05) is 35.3 Å². The van der Waals surface area contributed by atoms with Gasteiger partial charge in [-0.05, 0) is 38.3 Å². The molecule has 1 saturated heterocycles. The number of para-hydroxylation sites is 1. The van der Waals surface area contributed by atoms with Gasteiger partial charge in [-0.25, -0.2) is 15.0 Å². The minimum absolute atomic E-state index is 0.497. The molecule has 6 nitrogen and oxygen atoms in total. The van der Waals surface area contributed by atoms with Crippen molar-refractivity contribution in [1.29, 1.82) is 0 Å². The van der Waals surface area contributed by atoms with Gasteiger partial charge in [0.2, 0.25) is 0 Å². The molecule has 0 radical (unpaired) electrons. The van der Waals surface area contributed by atoms with Gasteiger partial charge in [-0.2, -0.15) is 0 Å². The van der Waals surface area contributed by atoms with E-state index in [4.69, 9.17) is 9.72 Å². The first-order valence-corrected chi connectivity index (χ1v) is 9.36. The van der Waals surface area contributed by atoms with E-state index in [9.17, 15) is 0 Å². The van der Waals surface area contributed by atoms with E-state index in [0.717, 1.165) is 49.9 Å². The Bertz CT molecular complexity index is 891. The van der Waals surface area contributed by atoms with E-state index < -0.39 is 0 Å². The topological polar surface area (TPSA) is 56.1 Å². The zero-order chi connectivity index (χ0) is 17.9. The number of aromatic nitrogens is 4. The monoisotopic (exact) mass is 351 g/mol. The molecule has 3 heterocycles. The molecule has 6 heteroatoms. The molecule has 26 heavy (non-hydrogen) atoms. The summed E-state index contributed by atoms with van der Waals surface area (Å²) in [6.07, 6.45) is 5.99. The lowest BCUT2D eigenvalue weighted by atomic mass is 9.99. The van der Waals surface area contributed by atoms with Crippen molar-refractivity contribution in [2.75, 3.05) is 24.6 Å². The van der Waals surface area contributed by atoms with Crippen LogP contribution in [0.15, 0.2) is 36.8 Å². The zero-order valence-electron chi connectivity index (χ0n) is 15.4. The molecule has 0 amide bonds. The lowest BCUT2D eigenvalue weighted by Gasteiger charge is -2.33. The summed E-state index contributed by atoms with van der Waals surface area (Å²) >= 11 is 0. The Morgan fingerprint density at radius 2 is 2.12 bits per heavy atom. The predicted molar refractivity (Wildman–Crippen MR) is 103 cm³/mol. The second-order valence-corrected chi connectivity index (χ2v) is 6.94. The summed E-state index contributed by atoms with van der Waals surface area (Å²) in [5.74, 6) is 2.42. The third-order valence-electron chi connectivity index (χ3n) is 5.07. The van der Waals surface area contributed by atoms with Crippen LogP contribution in [0.25, 0.3) is 11.3 Å². The number of ether oxygens (including phenoxy) is 1. The zero-order valence-corrected chi connectivity index (χ0v) is 15.4. The molecule has 1 aliphatic rings. The average molecular weight is 351 g/mol. The van der Waals surface area contributed by atoms with Crippen LogP contribution in [0.4, 0.5) is 5.82 Å². The van der Waals surface area contributed by atoms with E-state index >= 15 is 0 Å². The highest BCUT2D eigenvalue weighted by atomic mass is 16.5. The molecule has 0 bridgehead atoms. The van der Waals surface area contributed by atoms with Crippen LogP contribution < -0.4 is 9.64 Å². The fraction of sp³-hybridized carbons (Fsp3) is 0.450. The Morgan fingerprint density at radius 3 is 2.96 bits per heavy atom. The molecule has 136 valence electrons. The Balaban J connectivity index is 1.45. The summed E-state index contributed by atoms with van der Waals surface area (Å²) in [5, 5.41) is 0. The van der Waals surface area contributed by atoms with Crippen molar-refractivity contribution in [3.63, 3.8) is 0 Å². The quantitative estimate of drug-likeness (QED) is 0.705. The lowest BCUT2D eigenvalue weighted by molar-refractivity contribution is 0.227. The van der Waals surface area contributed by atoms with Gasteiger partial charge in [0.25, 0.3) is 0 Å². The van der Waals surface area contributed by atoms with Crippen molar-refractivity contribution in [2.24, 2.45) is 5.92 Å². The van der Waals surface area contributed by atoms with Gasteiger partial charge in [0.05, 0.1) is 19.1 Å². The van der Waals surface area contributed by atoms with Crippen LogP contribution in [0.5, 0.6) is 5.75 Å². The second kappa shape index (κ2) is 7.32. The predicted octanol–water partition coefficient (Wildman–Crippen LogP) is 3.45. The Labute approximate surface area is 153 Å². The highest BCUT2D eigenvalue weighted by molar-refractivity contribution is 5.67. The maximum absolute atomic E-state index is 6.08. The van der Waals surface area contributed by atoms with E-state index in [0.29, 0.717) is 11.6 Å². The number of piperidine rings is 1. The molecular weight excluding hydrogens is 326 g/mol. The van der Waals surface area contributed by atoms with Crippen molar-refractivity contribution in [2.45, 2.75) is 33.2 Å². The van der Waals surface area contributed by atoms with Crippen LogP contribution in [0, 0.1) is 12.8 Å². The molecule has 0 aliphatic carbocycles.